The highest BCUT2D eigenvalue weighted by Gasteiger charge is 2.38. The summed E-state index contributed by atoms with van der Waals surface area (Å²) in [5.74, 6) is 2.34. The van der Waals surface area contributed by atoms with Gasteiger partial charge in [0.05, 0.1) is 31.6 Å². The molecule has 1 aliphatic heterocycles. The van der Waals surface area contributed by atoms with Crippen LogP contribution in [0.25, 0.3) is 0 Å². The fourth-order valence-electron chi connectivity index (χ4n) is 3.10. The largest absolute Gasteiger partial charge is 0.496 e. The van der Waals surface area contributed by atoms with Gasteiger partial charge in [0, 0.05) is 23.9 Å². The van der Waals surface area contributed by atoms with Gasteiger partial charge in [0.15, 0.2) is 11.5 Å². The summed E-state index contributed by atoms with van der Waals surface area (Å²) < 4.78 is 44.3. The van der Waals surface area contributed by atoms with E-state index in [1.54, 1.807) is 63.4 Å². The topological polar surface area (TPSA) is 65.1 Å². The Balaban J connectivity index is 2.07. The second kappa shape index (κ2) is 8.00. The molecule has 146 valence electrons. The van der Waals surface area contributed by atoms with Crippen molar-refractivity contribution < 1.29 is 22.6 Å². The van der Waals surface area contributed by atoms with Gasteiger partial charge in [-0.3, -0.25) is 0 Å². The molecule has 0 spiro atoms. The number of nitrogens with zero attached hydrogens (tertiary/aromatic N) is 1. The van der Waals surface area contributed by atoms with Gasteiger partial charge in [-0.1, -0.05) is 12.1 Å². The van der Waals surface area contributed by atoms with Crippen molar-refractivity contribution >= 4 is 21.8 Å². The van der Waals surface area contributed by atoms with E-state index in [9.17, 15) is 8.42 Å². The van der Waals surface area contributed by atoms with Gasteiger partial charge < -0.3 is 14.2 Å². The maximum Gasteiger partial charge on any atom is 0.244 e. The minimum absolute atomic E-state index is 0.300. The van der Waals surface area contributed by atoms with Crippen molar-refractivity contribution in [2.75, 3.05) is 33.6 Å². The highest BCUT2D eigenvalue weighted by molar-refractivity contribution is 8.01. The van der Waals surface area contributed by atoms with Crippen molar-refractivity contribution in [2.45, 2.75) is 17.2 Å². The minimum atomic E-state index is -3.63. The fourth-order valence-corrected chi connectivity index (χ4v) is 6.46. The second-order valence-electron chi connectivity index (χ2n) is 6.10. The number of hydrogen-bond acceptors (Lipinski definition) is 6. The van der Waals surface area contributed by atoms with Crippen molar-refractivity contribution in [1.82, 2.24) is 4.31 Å². The average Bonchev–Trinajstić information content (AvgIpc) is 3.17. The van der Waals surface area contributed by atoms with Gasteiger partial charge in [-0.2, -0.15) is 4.31 Å². The van der Waals surface area contributed by atoms with Crippen LogP contribution in [0.1, 0.15) is 16.5 Å². The first kappa shape index (κ1) is 19.9. The summed E-state index contributed by atoms with van der Waals surface area (Å²) in [5.41, 5.74) is 1.65. The molecule has 1 atom stereocenters. The van der Waals surface area contributed by atoms with Gasteiger partial charge in [-0.25, -0.2) is 8.42 Å². The third-order valence-corrected chi connectivity index (χ3v) is 7.68. The smallest absolute Gasteiger partial charge is 0.244 e. The second-order valence-corrected chi connectivity index (χ2v) is 9.18. The van der Waals surface area contributed by atoms with Crippen LogP contribution in [0.5, 0.6) is 17.2 Å². The zero-order valence-corrected chi connectivity index (χ0v) is 17.4. The normalized spacial score (nSPS) is 17.7. The van der Waals surface area contributed by atoms with E-state index in [4.69, 9.17) is 14.2 Å². The van der Waals surface area contributed by atoms with Crippen molar-refractivity contribution in [3.63, 3.8) is 0 Å². The van der Waals surface area contributed by atoms with E-state index in [0.29, 0.717) is 34.4 Å². The predicted octanol–water partition coefficient (Wildman–Crippen LogP) is 3.46. The van der Waals surface area contributed by atoms with Gasteiger partial charge in [0.2, 0.25) is 10.0 Å². The van der Waals surface area contributed by atoms with Gasteiger partial charge in [0.1, 0.15) is 5.75 Å². The zero-order chi connectivity index (χ0) is 19.6. The first-order valence-electron chi connectivity index (χ1n) is 8.42. The molecule has 0 amide bonds. The Kier molecular flexibility index (Phi) is 5.88. The standard InChI is InChI=1S/C19H23NO5S2/c1-13-6-5-7-14(10-13)27(21,22)20-8-9-26-19(20)15-11-17(24-3)18(25-4)12-16(15)23-2/h5-7,10-12,19H,8-9H2,1-4H3. The molecule has 8 heteroatoms. The SMILES string of the molecule is COc1cc(OC)c(C2SCCN2S(=O)(=O)c2cccc(C)c2)cc1OC. The van der Waals surface area contributed by atoms with E-state index in [-0.39, 0.29) is 0 Å². The lowest BCUT2D eigenvalue weighted by atomic mass is 10.1. The molecule has 1 unspecified atom stereocenters. The lowest BCUT2D eigenvalue weighted by Gasteiger charge is -2.25. The van der Waals surface area contributed by atoms with Crippen LogP contribution in [0.3, 0.4) is 0 Å². The van der Waals surface area contributed by atoms with E-state index in [1.165, 1.54) is 4.31 Å². The highest BCUT2D eigenvalue weighted by Crippen LogP contribution is 2.47. The Labute approximate surface area is 164 Å². The number of rotatable bonds is 6. The Hall–Kier alpha value is -1.90. The number of methoxy groups -OCH3 is 3. The van der Waals surface area contributed by atoms with Crippen LogP contribution in [0, 0.1) is 6.92 Å². The molecule has 6 nitrogen and oxygen atoms in total. The summed E-state index contributed by atoms with van der Waals surface area (Å²) in [6.07, 6.45) is 0. The number of sulfonamides is 1. The first-order valence-corrected chi connectivity index (χ1v) is 10.9. The van der Waals surface area contributed by atoms with E-state index in [2.05, 4.69) is 0 Å². The summed E-state index contributed by atoms with van der Waals surface area (Å²) in [7, 11) is 1.03. The van der Waals surface area contributed by atoms with Gasteiger partial charge in [-0.05, 0) is 30.7 Å². The van der Waals surface area contributed by atoms with Gasteiger partial charge in [-0.15, -0.1) is 11.8 Å². The molecule has 0 aromatic heterocycles. The quantitative estimate of drug-likeness (QED) is 0.728. The number of ether oxygens (including phenoxy) is 3. The van der Waals surface area contributed by atoms with Crippen LogP contribution in [-0.2, 0) is 10.0 Å². The van der Waals surface area contributed by atoms with Crippen molar-refractivity contribution in [3.8, 4) is 17.2 Å². The summed E-state index contributed by atoms with van der Waals surface area (Å²) in [4.78, 5) is 0.300. The minimum Gasteiger partial charge on any atom is -0.496 e. The first-order chi connectivity index (χ1) is 12.9. The van der Waals surface area contributed by atoms with E-state index < -0.39 is 15.4 Å². The molecular formula is C19H23NO5S2. The summed E-state index contributed by atoms with van der Waals surface area (Å²) in [6, 6.07) is 10.5. The molecule has 0 bridgehead atoms. The Bertz CT molecular complexity index is 930. The van der Waals surface area contributed by atoms with Gasteiger partial charge >= 0.3 is 0 Å². The molecular weight excluding hydrogens is 386 g/mol. The van der Waals surface area contributed by atoms with E-state index in [1.807, 2.05) is 13.0 Å². The van der Waals surface area contributed by atoms with E-state index in [0.717, 1.165) is 11.1 Å². The maximum absolute atomic E-state index is 13.3. The van der Waals surface area contributed by atoms with Crippen molar-refractivity contribution in [1.29, 1.82) is 0 Å². The molecule has 1 heterocycles. The Morgan fingerprint density at radius 3 is 2.30 bits per heavy atom. The number of thioether (sulfide) groups is 1. The molecule has 0 N–H and O–H groups in total. The summed E-state index contributed by atoms with van der Waals surface area (Å²) >= 11 is 1.56. The molecule has 2 aromatic carbocycles. The van der Waals surface area contributed by atoms with Crippen LogP contribution in [-0.4, -0.2) is 46.4 Å². The lowest BCUT2D eigenvalue weighted by Crippen LogP contribution is -2.30. The van der Waals surface area contributed by atoms with Crippen LogP contribution in [0.2, 0.25) is 0 Å². The predicted molar refractivity (Wildman–Crippen MR) is 106 cm³/mol. The molecule has 3 rings (SSSR count). The fraction of sp³-hybridized carbons (Fsp3) is 0.368. The van der Waals surface area contributed by atoms with E-state index >= 15 is 0 Å². The monoisotopic (exact) mass is 409 g/mol. The Morgan fingerprint density at radius 2 is 1.67 bits per heavy atom. The molecule has 0 radical (unpaired) electrons. The van der Waals surface area contributed by atoms with Crippen molar-refractivity contribution in [3.05, 3.63) is 47.5 Å². The third kappa shape index (κ3) is 3.74. The van der Waals surface area contributed by atoms with Crippen LogP contribution in [0.4, 0.5) is 0 Å². The highest BCUT2D eigenvalue weighted by atomic mass is 32.2. The zero-order valence-electron chi connectivity index (χ0n) is 15.8. The summed E-state index contributed by atoms with van der Waals surface area (Å²) in [5, 5.41) is -0.398. The van der Waals surface area contributed by atoms with Crippen molar-refractivity contribution in [2.24, 2.45) is 0 Å². The number of aryl methyl sites for hydroxylation is 1. The number of benzene rings is 2. The van der Waals surface area contributed by atoms with Crippen LogP contribution in [0.15, 0.2) is 41.3 Å². The molecule has 2 aromatic rings. The maximum atomic E-state index is 13.3. The average molecular weight is 410 g/mol. The molecule has 0 aliphatic carbocycles. The van der Waals surface area contributed by atoms with Gasteiger partial charge in [0.25, 0.3) is 0 Å². The molecule has 1 aliphatic rings. The summed E-state index contributed by atoms with van der Waals surface area (Å²) in [6.45, 7) is 2.32. The lowest BCUT2D eigenvalue weighted by molar-refractivity contribution is 0.344. The van der Waals surface area contributed by atoms with Crippen LogP contribution >= 0.6 is 11.8 Å². The molecule has 1 fully saturated rings. The molecule has 0 saturated carbocycles. The molecule has 27 heavy (non-hydrogen) atoms. The van der Waals surface area contributed by atoms with Crippen LogP contribution < -0.4 is 14.2 Å². The number of hydrogen-bond donors (Lipinski definition) is 0. The third-order valence-electron chi connectivity index (χ3n) is 4.45. The molecule has 1 saturated heterocycles. The Morgan fingerprint density at radius 1 is 1.00 bits per heavy atom.